The second-order valence-electron chi connectivity index (χ2n) is 6.35. The number of anilines is 2. The van der Waals surface area contributed by atoms with Crippen LogP contribution < -0.4 is 15.4 Å². The molecule has 0 bridgehead atoms. The van der Waals surface area contributed by atoms with Gasteiger partial charge in [-0.15, -0.1) is 0 Å². The molecular formula is C22H21N5O4. The minimum atomic E-state index is -0.0913. The first-order valence-electron chi connectivity index (χ1n) is 9.29. The van der Waals surface area contributed by atoms with E-state index in [9.17, 15) is 14.7 Å². The zero-order valence-electron chi connectivity index (χ0n) is 16.9. The van der Waals surface area contributed by atoms with Crippen LogP contribution >= 0.6 is 0 Å². The van der Waals surface area contributed by atoms with E-state index in [-0.39, 0.29) is 11.5 Å². The van der Waals surface area contributed by atoms with E-state index in [0.29, 0.717) is 29.2 Å². The van der Waals surface area contributed by atoms with Crippen molar-refractivity contribution in [3.05, 3.63) is 66.6 Å². The van der Waals surface area contributed by atoms with Gasteiger partial charge in [-0.05, 0) is 37.3 Å². The summed E-state index contributed by atoms with van der Waals surface area (Å²) in [5.41, 5.74) is 3.43. The van der Waals surface area contributed by atoms with E-state index in [1.165, 1.54) is 18.5 Å². The van der Waals surface area contributed by atoms with Gasteiger partial charge in [0.2, 0.25) is 12.3 Å². The SMILES string of the molecule is CNc1cccc(C(C)=O)c1.O=CNc1ccc(Oc2ncnc3cc[nH]c23)cc1O. The van der Waals surface area contributed by atoms with Crippen LogP contribution in [0.3, 0.4) is 0 Å². The highest BCUT2D eigenvalue weighted by Crippen LogP contribution is 2.31. The summed E-state index contributed by atoms with van der Waals surface area (Å²) >= 11 is 0. The second-order valence-corrected chi connectivity index (χ2v) is 6.35. The summed E-state index contributed by atoms with van der Waals surface area (Å²) in [5.74, 6) is 0.762. The van der Waals surface area contributed by atoms with Gasteiger partial charge in [-0.3, -0.25) is 9.59 Å². The Bertz CT molecular complexity index is 1210. The highest BCUT2D eigenvalue weighted by atomic mass is 16.5. The molecule has 4 rings (SSSR count). The molecule has 0 aliphatic rings. The number of aromatic nitrogens is 3. The average Bonchev–Trinajstić information content (AvgIpc) is 3.26. The second kappa shape index (κ2) is 9.88. The molecule has 4 aromatic rings. The van der Waals surface area contributed by atoms with Gasteiger partial charge in [0.25, 0.3) is 0 Å². The van der Waals surface area contributed by atoms with Gasteiger partial charge in [-0.25, -0.2) is 4.98 Å². The number of aromatic amines is 1. The molecule has 2 aromatic heterocycles. The Morgan fingerprint density at radius 3 is 2.71 bits per heavy atom. The number of benzene rings is 2. The van der Waals surface area contributed by atoms with E-state index >= 15 is 0 Å². The molecule has 0 spiro atoms. The fraction of sp³-hybridized carbons (Fsp3) is 0.0909. The number of phenolic OH excluding ortho intramolecular Hbond substituents is 1. The smallest absolute Gasteiger partial charge is 0.247 e. The van der Waals surface area contributed by atoms with Crippen LogP contribution in [0, 0.1) is 0 Å². The lowest BCUT2D eigenvalue weighted by atomic mass is 10.1. The summed E-state index contributed by atoms with van der Waals surface area (Å²) in [6.07, 6.45) is 3.62. The number of fused-ring (bicyclic) bond motifs is 1. The van der Waals surface area contributed by atoms with Crippen LogP contribution in [0.1, 0.15) is 17.3 Å². The van der Waals surface area contributed by atoms with Gasteiger partial charge in [0, 0.05) is 30.6 Å². The fourth-order valence-electron chi connectivity index (χ4n) is 2.69. The van der Waals surface area contributed by atoms with Crippen molar-refractivity contribution in [3.63, 3.8) is 0 Å². The molecule has 2 heterocycles. The van der Waals surface area contributed by atoms with E-state index in [4.69, 9.17) is 4.74 Å². The lowest BCUT2D eigenvalue weighted by Crippen LogP contribution is -1.95. The number of aromatic hydroxyl groups is 1. The molecule has 9 heteroatoms. The maximum Gasteiger partial charge on any atom is 0.247 e. The number of nitrogens with zero attached hydrogens (tertiary/aromatic N) is 2. The number of nitrogens with one attached hydrogen (secondary N) is 3. The number of amides is 1. The molecule has 0 unspecified atom stereocenters. The predicted molar refractivity (Wildman–Crippen MR) is 118 cm³/mol. The van der Waals surface area contributed by atoms with Crippen molar-refractivity contribution in [1.29, 1.82) is 0 Å². The molecule has 31 heavy (non-hydrogen) atoms. The summed E-state index contributed by atoms with van der Waals surface area (Å²) in [7, 11) is 1.83. The van der Waals surface area contributed by atoms with Crippen molar-refractivity contribution in [3.8, 4) is 17.4 Å². The number of Topliss-reactive ketones (excluding diaryl/α,β-unsaturated/α-hetero) is 1. The topological polar surface area (TPSA) is 129 Å². The summed E-state index contributed by atoms with van der Waals surface area (Å²) < 4.78 is 5.61. The van der Waals surface area contributed by atoms with Gasteiger partial charge in [-0.2, -0.15) is 4.98 Å². The first-order valence-corrected chi connectivity index (χ1v) is 9.29. The third-order valence-electron chi connectivity index (χ3n) is 4.27. The molecule has 0 aliphatic carbocycles. The van der Waals surface area contributed by atoms with Gasteiger partial charge in [0.05, 0.1) is 11.2 Å². The largest absolute Gasteiger partial charge is 0.506 e. The number of rotatable bonds is 6. The number of carbonyl (C=O) groups excluding carboxylic acids is 2. The van der Waals surface area contributed by atoms with Crippen molar-refractivity contribution in [2.24, 2.45) is 0 Å². The van der Waals surface area contributed by atoms with E-state index < -0.39 is 0 Å². The number of ether oxygens (including phenoxy) is 1. The Morgan fingerprint density at radius 2 is 2.00 bits per heavy atom. The first-order chi connectivity index (χ1) is 15.0. The van der Waals surface area contributed by atoms with Crippen LogP contribution in [-0.4, -0.2) is 39.3 Å². The number of hydrogen-bond donors (Lipinski definition) is 4. The van der Waals surface area contributed by atoms with Crippen LogP contribution in [0.2, 0.25) is 0 Å². The highest BCUT2D eigenvalue weighted by molar-refractivity contribution is 5.94. The van der Waals surface area contributed by atoms with E-state index in [0.717, 1.165) is 16.8 Å². The molecule has 0 radical (unpaired) electrons. The minimum absolute atomic E-state index is 0.0913. The fourth-order valence-corrected chi connectivity index (χ4v) is 2.69. The third kappa shape index (κ3) is 5.36. The van der Waals surface area contributed by atoms with Gasteiger partial charge >= 0.3 is 0 Å². The van der Waals surface area contributed by atoms with E-state index in [1.807, 2.05) is 31.3 Å². The number of H-pyrrole nitrogens is 1. The van der Waals surface area contributed by atoms with Crippen molar-refractivity contribution >= 4 is 34.6 Å². The molecule has 0 atom stereocenters. The number of ketones is 1. The lowest BCUT2D eigenvalue weighted by Gasteiger charge is -2.08. The van der Waals surface area contributed by atoms with E-state index in [1.54, 1.807) is 25.3 Å². The van der Waals surface area contributed by atoms with E-state index in [2.05, 4.69) is 25.6 Å². The summed E-state index contributed by atoms with van der Waals surface area (Å²) in [6.45, 7) is 1.56. The minimum Gasteiger partial charge on any atom is -0.506 e. The lowest BCUT2D eigenvalue weighted by molar-refractivity contribution is -0.105. The average molecular weight is 419 g/mol. The quantitative estimate of drug-likeness (QED) is 0.211. The molecular weight excluding hydrogens is 398 g/mol. The molecule has 1 amide bonds. The zero-order chi connectivity index (χ0) is 22.2. The van der Waals surface area contributed by atoms with Gasteiger partial charge in [-0.1, -0.05) is 12.1 Å². The maximum absolute atomic E-state index is 10.9. The molecule has 0 saturated carbocycles. The molecule has 0 fully saturated rings. The molecule has 2 aromatic carbocycles. The number of phenols is 1. The van der Waals surface area contributed by atoms with Crippen molar-refractivity contribution in [1.82, 2.24) is 15.0 Å². The maximum atomic E-state index is 10.9. The standard InChI is InChI=1S/C13H10N4O3.C9H11NO/c18-7-17-9-2-1-8(5-11(9)19)20-13-12-10(3-4-14-12)15-6-16-13;1-7(11)8-4-3-5-9(6-8)10-2/h1-7,14,19H,(H,17,18);3-6,10H,1-2H3. The Morgan fingerprint density at radius 1 is 1.16 bits per heavy atom. The monoisotopic (exact) mass is 419 g/mol. The normalized spacial score (nSPS) is 10.0. The predicted octanol–water partition coefficient (Wildman–Crippen LogP) is 3.96. The summed E-state index contributed by atoms with van der Waals surface area (Å²) in [4.78, 5) is 32.3. The summed E-state index contributed by atoms with van der Waals surface area (Å²) in [6, 6.07) is 13.8. The summed E-state index contributed by atoms with van der Waals surface area (Å²) in [5, 5.41) is 15.1. The van der Waals surface area contributed by atoms with Crippen LogP contribution in [-0.2, 0) is 4.79 Å². The van der Waals surface area contributed by atoms with Gasteiger partial charge < -0.3 is 25.5 Å². The molecule has 9 nitrogen and oxygen atoms in total. The Balaban J connectivity index is 0.000000210. The van der Waals surface area contributed by atoms with Crippen molar-refractivity contribution in [2.45, 2.75) is 6.92 Å². The van der Waals surface area contributed by atoms with Crippen molar-refractivity contribution in [2.75, 3.05) is 17.7 Å². The van der Waals surface area contributed by atoms with Gasteiger partial charge in [0.15, 0.2) is 5.78 Å². The third-order valence-corrected chi connectivity index (χ3v) is 4.27. The number of hydrogen-bond acceptors (Lipinski definition) is 7. The van der Waals surface area contributed by atoms with Crippen LogP contribution in [0.25, 0.3) is 11.0 Å². The zero-order valence-corrected chi connectivity index (χ0v) is 16.9. The highest BCUT2D eigenvalue weighted by Gasteiger charge is 2.09. The Labute approximate surface area is 178 Å². The van der Waals surface area contributed by atoms with Gasteiger partial charge in [0.1, 0.15) is 23.3 Å². The molecule has 4 N–H and O–H groups in total. The Hall–Kier alpha value is -4.40. The first kappa shape index (κ1) is 21.3. The van der Waals surface area contributed by atoms with Crippen molar-refractivity contribution < 1.29 is 19.4 Å². The molecule has 0 saturated heterocycles. The molecule has 158 valence electrons. The number of carbonyl (C=O) groups is 2. The van der Waals surface area contributed by atoms with Crippen LogP contribution in [0.5, 0.6) is 17.4 Å². The molecule has 0 aliphatic heterocycles. The Kier molecular flexibility index (Phi) is 6.79. The van der Waals surface area contributed by atoms with Crippen LogP contribution in [0.4, 0.5) is 11.4 Å². The van der Waals surface area contributed by atoms with Crippen LogP contribution in [0.15, 0.2) is 61.1 Å².